The highest BCUT2D eigenvalue weighted by molar-refractivity contribution is 14.1. The van der Waals surface area contributed by atoms with Gasteiger partial charge in [-0.3, -0.25) is 4.79 Å². The summed E-state index contributed by atoms with van der Waals surface area (Å²) in [6.07, 6.45) is 0.671. The van der Waals surface area contributed by atoms with Crippen LogP contribution in [0.5, 0.6) is 0 Å². The molecular formula is C13H17IN4O4S. The molecule has 0 radical (unpaired) electrons. The lowest BCUT2D eigenvalue weighted by atomic mass is 9.93. The highest BCUT2D eigenvalue weighted by atomic mass is 127. The molecule has 23 heavy (non-hydrogen) atoms. The molecule has 1 aromatic rings. The van der Waals surface area contributed by atoms with E-state index in [9.17, 15) is 13.2 Å². The first kappa shape index (κ1) is 18.1. The van der Waals surface area contributed by atoms with Crippen molar-refractivity contribution in [2.24, 2.45) is 16.2 Å². The molecular weight excluding hydrogens is 435 g/mol. The van der Waals surface area contributed by atoms with Crippen molar-refractivity contribution in [1.29, 1.82) is 0 Å². The van der Waals surface area contributed by atoms with Crippen molar-refractivity contribution < 1.29 is 18.4 Å². The molecule has 1 fully saturated rings. The minimum atomic E-state index is -3.73. The van der Waals surface area contributed by atoms with E-state index >= 15 is 0 Å². The Balaban J connectivity index is 2.01. The number of carbonyl (C=O) groups excluding carboxylic acids is 1. The molecule has 0 spiro atoms. The van der Waals surface area contributed by atoms with Crippen LogP contribution in [-0.4, -0.2) is 42.6 Å². The van der Waals surface area contributed by atoms with E-state index in [1.54, 1.807) is 6.07 Å². The second-order valence-corrected chi connectivity index (χ2v) is 7.96. The fourth-order valence-electron chi connectivity index (χ4n) is 2.40. The van der Waals surface area contributed by atoms with Crippen LogP contribution in [0, 0.1) is 9.49 Å². The van der Waals surface area contributed by atoms with Crippen LogP contribution in [0.15, 0.2) is 29.4 Å². The number of anilines is 1. The molecule has 4 N–H and O–H groups in total. The lowest BCUT2D eigenvalue weighted by Crippen LogP contribution is -2.45. The Morgan fingerprint density at radius 1 is 1.39 bits per heavy atom. The standard InChI is InChI=1S/C13H17IN4O4S/c14-10-2-1-3-11(8-10)16-13(17-20)12(19)9-4-6-18(7-5-9)23(15,21)22/h1-3,8-9,20H,4-7H2,(H,16,17)(H2,15,21,22). The number of amidine groups is 1. The summed E-state index contributed by atoms with van der Waals surface area (Å²) in [6, 6.07) is 7.27. The zero-order valence-corrected chi connectivity index (χ0v) is 15.1. The van der Waals surface area contributed by atoms with Gasteiger partial charge in [-0.1, -0.05) is 11.2 Å². The molecule has 2 rings (SSSR count). The van der Waals surface area contributed by atoms with Crippen molar-refractivity contribution in [3.8, 4) is 0 Å². The van der Waals surface area contributed by atoms with Crippen molar-refractivity contribution in [3.05, 3.63) is 27.8 Å². The average molecular weight is 452 g/mol. The summed E-state index contributed by atoms with van der Waals surface area (Å²) in [5.74, 6) is -0.907. The molecule has 0 saturated carbocycles. The third kappa shape index (κ3) is 4.86. The van der Waals surface area contributed by atoms with Crippen molar-refractivity contribution in [1.82, 2.24) is 4.31 Å². The number of nitrogens with one attached hydrogen (secondary N) is 1. The summed E-state index contributed by atoms with van der Waals surface area (Å²) >= 11 is 2.13. The number of halogens is 1. The normalized spacial score (nSPS) is 17.9. The van der Waals surface area contributed by atoms with E-state index in [2.05, 4.69) is 33.1 Å². The molecule has 1 aliphatic heterocycles. The van der Waals surface area contributed by atoms with E-state index in [0.717, 1.165) is 7.88 Å². The van der Waals surface area contributed by atoms with Gasteiger partial charge in [-0.25, -0.2) is 5.14 Å². The van der Waals surface area contributed by atoms with Crippen LogP contribution >= 0.6 is 22.6 Å². The predicted octanol–water partition coefficient (Wildman–Crippen LogP) is 0.975. The summed E-state index contributed by atoms with van der Waals surface area (Å²) in [4.78, 5) is 12.4. The summed E-state index contributed by atoms with van der Waals surface area (Å²) in [5, 5.41) is 20.0. The molecule has 0 amide bonds. The first-order valence-electron chi connectivity index (χ1n) is 6.88. The zero-order valence-electron chi connectivity index (χ0n) is 12.1. The molecule has 8 nitrogen and oxygen atoms in total. The van der Waals surface area contributed by atoms with Gasteiger partial charge in [-0.05, 0) is 53.6 Å². The number of hydrogen-bond acceptors (Lipinski definition) is 5. The molecule has 1 aliphatic rings. The van der Waals surface area contributed by atoms with Crippen LogP contribution in [0.25, 0.3) is 0 Å². The fourth-order valence-corrected chi connectivity index (χ4v) is 3.67. The number of carbonyl (C=O) groups is 1. The van der Waals surface area contributed by atoms with Crippen LogP contribution in [0.2, 0.25) is 0 Å². The number of rotatable bonds is 4. The van der Waals surface area contributed by atoms with Gasteiger partial charge in [0.05, 0.1) is 0 Å². The molecule has 1 heterocycles. The second kappa shape index (κ2) is 7.55. The fraction of sp³-hybridized carbons (Fsp3) is 0.385. The van der Waals surface area contributed by atoms with Crippen molar-refractivity contribution in [3.63, 3.8) is 0 Å². The largest absolute Gasteiger partial charge is 0.409 e. The van der Waals surface area contributed by atoms with E-state index in [4.69, 9.17) is 10.3 Å². The van der Waals surface area contributed by atoms with Crippen LogP contribution < -0.4 is 10.5 Å². The van der Waals surface area contributed by atoms with Gasteiger partial charge >= 0.3 is 0 Å². The van der Waals surface area contributed by atoms with Gasteiger partial charge in [0.2, 0.25) is 11.6 Å². The monoisotopic (exact) mass is 452 g/mol. The number of piperidine rings is 1. The maximum Gasteiger partial charge on any atom is 0.276 e. The van der Waals surface area contributed by atoms with Gasteiger partial charge in [0.1, 0.15) is 0 Å². The van der Waals surface area contributed by atoms with E-state index in [0.29, 0.717) is 18.5 Å². The molecule has 1 saturated heterocycles. The topological polar surface area (TPSA) is 125 Å². The maximum atomic E-state index is 12.4. The van der Waals surface area contributed by atoms with Crippen LogP contribution in [0.3, 0.4) is 0 Å². The predicted molar refractivity (Wildman–Crippen MR) is 94.4 cm³/mol. The Bertz CT molecular complexity index is 714. The Hall–Kier alpha value is -1.24. The second-order valence-electron chi connectivity index (χ2n) is 5.17. The summed E-state index contributed by atoms with van der Waals surface area (Å²) < 4.78 is 24.6. The van der Waals surface area contributed by atoms with Gasteiger partial charge in [0.15, 0.2) is 0 Å². The summed E-state index contributed by atoms with van der Waals surface area (Å²) in [7, 11) is -3.73. The Kier molecular flexibility index (Phi) is 5.95. The number of benzene rings is 1. The number of Topliss-reactive ketones (excluding diaryl/α,β-unsaturated/α-hetero) is 1. The minimum Gasteiger partial charge on any atom is -0.409 e. The van der Waals surface area contributed by atoms with Crippen LogP contribution in [-0.2, 0) is 15.0 Å². The maximum absolute atomic E-state index is 12.4. The van der Waals surface area contributed by atoms with Crippen molar-refractivity contribution in [2.75, 3.05) is 18.4 Å². The summed E-state index contributed by atoms with van der Waals surface area (Å²) in [6.45, 7) is 0.356. The average Bonchev–Trinajstić information content (AvgIpc) is 2.51. The van der Waals surface area contributed by atoms with Gasteiger partial charge in [0.25, 0.3) is 10.2 Å². The molecule has 0 aliphatic carbocycles. The quantitative estimate of drug-likeness (QED) is 0.207. The molecule has 0 unspecified atom stereocenters. The van der Waals surface area contributed by atoms with E-state index in [1.165, 1.54) is 0 Å². The Morgan fingerprint density at radius 3 is 2.57 bits per heavy atom. The minimum absolute atomic E-state index is 0.152. The van der Waals surface area contributed by atoms with E-state index in [-0.39, 0.29) is 24.7 Å². The zero-order chi connectivity index (χ0) is 17.0. The van der Waals surface area contributed by atoms with Gasteiger partial charge < -0.3 is 10.5 Å². The number of oxime groups is 1. The lowest BCUT2D eigenvalue weighted by molar-refractivity contribution is -0.117. The number of hydrogen-bond donors (Lipinski definition) is 3. The molecule has 1 aromatic carbocycles. The highest BCUT2D eigenvalue weighted by Gasteiger charge is 2.31. The van der Waals surface area contributed by atoms with Gasteiger partial charge in [-0.2, -0.15) is 12.7 Å². The van der Waals surface area contributed by atoms with Crippen LogP contribution in [0.1, 0.15) is 12.8 Å². The SMILES string of the molecule is NS(=O)(=O)N1CCC(C(=O)/C(=N/O)Nc2cccc(I)c2)CC1. The van der Waals surface area contributed by atoms with E-state index in [1.807, 2.05) is 18.2 Å². The van der Waals surface area contributed by atoms with Crippen molar-refractivity contribution in [2.45, 2.75) is 12.8 Å². The van der Waals surface area contributed by atoms with E-state index < -0.39 is 16.1 Å². The summed E-state index contributed by atoms with van der Waals surface area (Å²) in [5.41, 5.74) is 0.639. The molecule has 0 aromatic heterocycles. The molecule has 126 valence electrons. The molecule has 0 atom stereocenters. The van der Waals surface area contributed by atoms with Crippen LogP contribution in [0.4, 0.5) is 5.69 Å². The first-order chi connectivity index (χ1) is 10.8. The third-order valence-corrected chi connectivity index (χ3v) is 5.36. The first-order valence-corrected chi connectivity index (χ1v) is 9.46. The third-order valence-electron chi connectivity index (χ3n) is 3.61. The van der Waals surface area contributed by atoms with Gasteiger partial charge in [-0.15, -0.1) is 0 Å². The van der Waals surface area contributed by atoms with Gasteiger partial charge in [0, 0.05) is 28.3 Å². The number of nitrogens with two attached hydrogens (primary N) is 1. The molecule has 0 bridgehead atoms. The highest BCUT2D eigenvalue weighted by Crippen LogP contribution is 2.21. The Morgan fingerprint density at radius 2 is 2.04 bits per heavy atom. The Labute approximate surface area is 148 Å². The molecule has 10 heteroatoms. The lowest BCUT2D eigenvalue weighted by Gasteiger charge is -2.29. The number of nitrogens with zero attached hydrogens (tertiary/aromatic N) is 2. The smallest absolute Gasteiger partial charge is 0.276 e. The number of ketones is 1. The van der Waals surface area contributed by atoms with Crippen molar-refractivity contribution >= 4 is 50.1 Å².